The van der Waals surface area contributed by atoms with Crippen LogP contribution < -0.4 is 0 Å². The number of nitrogens with zero attached hydrogens (tertiary/aromatic N) is 1. The van der Waals surface area contributed by atoms with Gasteiger partial charge in [-0.25, -0.2) is 4.39 Å². The monoisotopic (exact) mass is 455 g/mol. The molecular formula is C23H15ClFNO4S. The van der Waals surface area contributed by atoms with E-state index in [0.717, 1.165) is 28.3 Å². The second-order valence-electron chi connectivity index (χ2n) is 6.84. The highest BCUT2D eigenvalue weighted by Crippen LogP contribution is 2.35. The van der Waals surface area contributed by atoms with Crippen LogP contribution in [0.2, 0.25) is 5.02 Å². The number of benzene rings is 2. The Hall–Kier alpha value is -3.16. The fourth-order valence-electron chi connectivity index (χ4n) is 3.04. The van der Waals surface area contributed by atoms with Crippen LogP contribution in [0.1, 0.15) is 28.6 Å². The number of imide groups is 1. The summed E-state index contributed by atoms with van der Waals surface area (Å²) in [6.07, 6.45) is 1.50. The molecule has 1 aromatic heterocycles. The van der Waals surface area contributed by atoms with E-state index in [1.807, 2.05) is 0 Å². The smallest absolute Gasteiger partial charge is 0.293 e. The number of Topliss-reactive ketones (excluding diaryl/α,β-unsaturated/α-hetero) is 1. The Morgan fingerprint density at radius 1 is 1.13 bits per heavy atom. The Labute approximate surface area is 186 Å². The number of amides is 2. The zero-order valence-corrected chi connectivity index (χ0v) is 17.8. The first-order chi connectivity index (χ1) is 14.8. The molecule has 0 saturated carbocycles. The van der Waals surface area contributed by atoms with E-state index >= 15 is 0 Å². The van der Waals surface area contributed by atoms with Crippen LogP contribution in [-0.4, -0.2) is 21.8 Å². The van der Waals surface area contributed by atoms with Gasteiger partial charge in [0.1, 0.15) is 17.3 Å². The lowest BCUT2D eigenvalue weighted by Crippen LogP contribution is -2.27. The van der Waals surface area contributed by atoms with E-state index < -0.39 is 17.0 Å². The van der Waals surface area contributed by atoms with Crippen LogP contribution in [0.25, 0.3) is 17.4 Å². The molecule has 5 nitrogen and oxygen atoms in total. The summed E-state index contributed by atoms with van der Waals surface area (Å²) in [5, 5.41) is -0.294. The zero-order valence-electron chi connectivity index (χ0n) is 16.2. The number of thioether (sulfide) groups is 1. The summed E-state index contributed by atoms with van der Waals surface area (Å²) in [5.74, 6) is -0.00883. The lowest BCUT2D eigenvalue weighted by atomic mass is 10.1. The molecule has 1 saturated heterocycles. The number of hydrogen-bond donors (Lipinski definition) is 0. The summed E-state index contributed by atoms with van der Waals surface area (Å²) in [4.78, 5) is 37.7. The zero-order chi connectivity index (χ0) is 22.1. The Morgan fingerprint density at radius 2 is 1.87 bits per heavy atom. The van der Waals surface area contributed by atoms with Crippen molar-refractivity contribution in [1.29, 1.82) is 0 Å². The minimum absolute atomic E-state index is 0.0238. The fraction of sp³-hybridized carbons (Fsp3) is 0.0870. The molecule has 8 heteroatoms. The first-order valence-electron chi connectivity index (χ1n) is 9.22. The molecule has 1 aliphatic heterocycles. The van der Waals surface area contributed by atoms with Gasteiger partial charge in [-0.2, -0.15) is 0 Å². The van der Waals surface area contributed by atoms with Crippen molar-refractivity contribution in [3.05, 3.63) is 87.2 Å². The molecule has 0 bridgehead atoms. The van der Waals surface area contributed by atoms with Crippen LogP contribution in [0.15, 0.2) is 63.9 Å². The molecule has 0 aliphatic carbocycles. The van der Waals surface area contributed by atoms with Gasteiger partial charge >= 0.3 is 0 Å². The minimum Gasteiger partial charge on any atom is -0.457 e. The van der Waals surface area contributed by atoms with Gasteiger partial charge in [-0.1, -0.05) is 41.9 Å². The van der Waals surface area contributed by atoms with Gasteiger partial charge in [0.15, 0.2) is 5.78 Å². The maximum atomic E-state index is 13.2. The molecule has 2 amide bonds. The Balaban J connectivity index is 1.52. The van der Waals surface area contributed by atoms with E-state index in [1.165, 1.54) is 25.1 Å². The predicted octanol–water partition coefficient (Wildman–Crippen LogP) is 6.18. The molecule has 0 N–H and O–H groups in total. The van der Waals surface area contributed by atoms with Crippen molar-refractivity contribution in [1.82, 2.24) is 4.90 Å². The van der Waals surface area contributed by atoms with Crippen molar-refractivity contribution in [3.8, 4) is 11.3 Å². The maximum Gasteiger partial charge on any atom is 0.293 e. The van der Waals surface area contributed by atoms with Crippen molar-refractivity contribution >= 4 is 46.4 Å². The molecular weight excluding hydrogens is 441 g/mol. The van der Waals surface area contributed by atoms with Crippen LogP contribution in [0, 0.1) is 5.82 Å². The number of carbonyl (C=O) groups excluding carboxylic acids is 3. The maximum absolute atomic E-state index is 13.2. The quantitative estimate of drug-likeness (QED) is 0.339. The van der Waals surface area contributed by atoms with Crippen molar-refractivity contribution in [2.24, 2.45) is 0 Å². The van der Waals surface area contributed by atoms with E-state index in [2.05, 4.69) is 0 Å². The summed E-state index contributed by atoms with van der Waals surface area (Å²) in [5.41, 5.74) is 1.86. The average molecular weight is 456 g/mol. The number of halogens is 2. The molecule has 4 rings (SSSR count). The van der Waals surface area contributed by atoms with Gasteiger partial charge in [0.25, 0.3) is 11.1 Å². The lowest BCUT2D eigenvalue weighted by molar-refractivity contribution is -0.123. The van der Waals surface area contributed by atoms with Crippen LogP contribution in [0.3, 0.4) is 0 Å². The minimum atomic E-state index is -0.493. The molecule has 0 atom stereocenters. The van der Waals surface area contributed by atoms with Gasteiger partial charge < -0.3 is 4.42 Å². The van der Waals surface area contributed by atoms with Gasteiger partial charge in [-0.05, 0) is 48.5 Å². The van der Waals surface area contributed by atoms with Crippen LogP contribution >= 0.6 is 23.4 Å². The predicted molar refractivity (Wildman–Crippen MR) is 117 cm³/mol. The molecule has 1 fully saturated rings. The van der Waals surface area contributed by atoms with Gasteiger partial charge in [-0.3, -0.25) is 19.3 Å². The van der Waals surface area contributed by atoms with Crippen molar-refractivity contribution in [2.45, 2.75) is 13.5 Å². The third-order valence-electron chi connectivity index (χ3n) is 4.69. The third kappa shape index (κ3) is 4.47. The highest BCUT2D eigenvalue weighted by atomic mass is 35.5. The molecule has 2 heterocycles. The number of carbonyl (C=O) groups is 3. The van der Waals surface area contributed by atoms with Crippen molar-refractivity contribution < 1.29 is 23.2 Å². The normalized spacial score (nSPS) is 15.2. The summed E-state index contributed by atoms with van der Waals surface area (Å²) in [6.45, 7) is 1.45. The second kappa shape index (κ2) is 8.53. The highest BCUT2D eigenvalue weighted by Gasteiger charge is 2.35. The van der Waals surface area contributed by atoms with Crippen LogP contribution in [-0.2, 0) is 11.3 Å². The van der Waals surface area contributed by atoms with Crippen LogP contribution in [0.4, 0.5) is 9.18 Å². The first-order valence-corrected chi connectivity index (χ1v) is 10.4. The Morgan fingerprint density at radius 3 is 2.55 bits per heavy atom. The fourth-order valence-corrected chi connectivity index (χ4v) is 4.09. The summed E-state index contributed by atoms with van der Waals surface area (Å²) < 4.78 is 19.0. The van der Waals surface area contributed by atoms with Gasteiger partial charge in [-0.15, -0.1) is 0 Å². The van der Waals surface area contributed by atoms with Crippen molar-refractivity contribution in [3.63, 3.8) is 0 Å². The van der Waals surface area contributed by atoms with E-state index in [0.29, 0.717) is 22.6 Å². The molecule has 156 valence electrons. The van der Waals surface area contributed by atoms with E-state index in [4.69, 9.17) is 16.0 Å². The molecule has 0 radical (unpaired) electrons. The molecule has 0 unspecified atom stereocenters. The topological polar surface area (TPSA) is 67.6 Å². The molecule has 3 aromatic rings. The van der Waals surface area contributed by atoms with Gasteiger partial charge in [0.05, 0.1) is 11.4 Å². The summed E-state index contributed by atoms with van der Waals surface area (Å²) in [6, 6.07) is 14.2. The first kappa shape index (κ1) is 21.1. The summed E-state index contributed by atoms with van der Waals surface area (Å²) in [7, 11) is 0. The van der Waals surface area contributed by atoms with Crippen molar-refractivity contribution in [2.75, 3.05) is 0 Å². The molecule has 1 aliphatic rings. The second-order valence-corrected chi connectivity index (χ2v) is 8.24. The highest BCUT2D eigenvalue weighted by molar-refractivity contribution is 8.18. The van der Waals surface area contributed by atoms with Gasteiger partial charge in [0, 0.05) is 22.2 Å². The standard InChI is InChI=1S/C23H15ClFNO4S/c1-13(27)14-2-4-15(5-3-14)20-9-8-18(30-20)11-21-22(28)26(23(29)31-21)12-16-6-7-17(25)10-19(16)24/h2-11H,12H2,1H3/b21-11-. The van der Waals surface area contributed by atoms with E-state index in [9.17, 15) is 18.8 Å². The number of rotatable bonds is 5. The van der Waals surface area contributed by atoms with Gasteiger partial charge in [0.2, 0.25) is 0 Å². The Kier molecular flexibility index (Phi) is 5.80. The number of furan rings is 1. The van der Waals surface area contributed by atoms with Crippen LogP contribution in [0.5, 0.6) is 0 Å². The summed E-state index contributed by atoms with van der Waals surface area (Å²) >= 11 is 6.81. The largest absolute Gasteiger partial charge is 0.457 e. The van der Waals surface area contributed by atoms with E-state index in [-0.39, 0.29) is 22.3 Å². The molecule has 31 heavy (non-hydrogen) atoms. The third-order valence-corrected chi connectivity index (χ3v) is 5.95. The number of hydrogen-bond acceptors (Lipinski definition) is 5. The van der Waals surface area contributed by atoms with E-state index in [1.54, 1.807) is 36.4 Å². The SMILES string of the molecule is CC(=O)c1ccc(-c2ccc(/C=C3\SC(=O)N(Cc4ccc(F)cc4Cl)C3=O)o2)cc1. The number of ketones is 1. The molecule has 0 spiro atoms. The Bertz CT molecular complexity index is 1230. The molecule has 2 aromatic carbocycles. The lowest BCUT2D eigenvalue weighted by Gasteiger charge is -2.13. The average Bonchev–Trinajstić information content (AvgIpc) is 3.30.